The Morgan fingerprint density at radius 2 is 1.80 bits per heavy atom. The number of hydrogen-bond acceptors (Lipinski definition) is 5. The highest BCUT2D eigenvalue weighted by molar-refractivity contribution is 6.22. The summed E-state index contributed by atoms with van der Waals surface area (Å²) in [5, 5.41) is 0. The van der Waals surface area contributed by atoms with Crippen molar-refractivity contribution in [3.8, 4) is 11.5 Å². The Bertz CT molecular complexity index is 1320. The van der Waals surface area contributed by atoms with Crippen LogP contribution in [0.4, 0.5) is 10.1 Å². The van der Waals surface area contributed by atoms with E-state index in [1.54, 1.807) is 24.3 Å². The standard InChI is InChI=1S/C28H24FNO5/c1-34-22-9-4-14(11-20(22)29)21(31)13-35-18-7-5-17(6-8-18)30-26(32)19-10-15-2-3-16-12-28(23(15)24(16)28)25(19)27(30)33/h2-9,11,15-16,19,23-25H,10,12-13H2,1H3. The van der Waals surface area contributed by atoms with Crippen LogP contribution in [0.3, 0.4) is 0 Å². The second-order valence-electron chi connectivity index (χ2n) is 10.5. The number of amides is 2. The SMILES string of the molecule is COc1ccc(C(=O)COc2ccc(N3C(=O)C4CC5C=CC6CC7(C4C3=O)C5C67)cc2)cc1F. The molecule has 7 heteroatoms. The van der Waals surface area contributed by atoms with Crippen molar-refractivity contribution < 1.29 is 28.2 Å². The molecule has 4 fully saturated rings. The summed E-state index contributed by atoms with van der Waals surface area (Å²) in [6.07, 6.45) is 6.43. The van der Waals surface area contributed by atoms with E-state index < -0.39 is 5.82 Å². The fourth-order valence-corrected chi connectivity index (χ4v) is 7.74. The summed E-state index contributed by atoms with van der Waals surface area (Å²) in [7, 11) is 1.36. The van der Waals surface area contributed by atoms with Gasteiger partial charge in [0.05, 0.1) is 24.6 Å². The molecule has 1 saturated heterocycles. The number of nitrogens with zero attached hydrogens (tertiary/aromatic N) is 1. The fourth-order valence-electron chi connectivity index (χ4n) is 7.74. The molecule has 2 aromatic carbocycles. The van der Waals surface area contributed by atoms with Crippen LogP contribution in [-0.4, -0.2) is 31.3 Å². The van der Waals surface area contributed by atoms with Crippen molar-refractivity contribution in [1.29, 1.82) is 0 Å². The maximum Gasteiger partial charge on any atom is 0.238 e. The van der Waals surface area contributed by atoms with Gasteiger partial charge in [-0.25, -0.2) is 4.39 Å². The zero-order valence-corrected chi connectivity index (χ0v) is 19.1. The third kappa shape index (κ3) is 2.66. The summed E-state index contributed by atoms with van der Waals surface area (Å²) < 4.78 is 24.3. The van der Waals surface area contributed by atoms with E-state index in [4.69, 9.17) is 9.47 Å². The van der Waals surface area contributed by atoms with E-state index in [0.29, 0.717) is 35.1 Å². The van der Waals surface area contributed by atoms with E-state index in [1.165, 1.54) is 24.1 Å². The molecule has 7 rings (SSSR count). The molecule has 3 saturated carbocycles. The average Bonchev–Trinajstić information content (AvgIpc) is 3.36. The van der Waals surface area contributed by atoms with Gasteiger partial charge >= 0.3 is 0 Å². The number of Topliss-reactive ketones (excluding diaryl/α,β-unsaturated/α-hetero) is 1. The normalized spacial score (nSPS) is 35.2. The molecule has 5 aliphatic rings. The second kappa shape index (κ2) is 7.03. The average molecular weight is 474 g/mol. The predicted molar refractivity (Wildman–Crippen MR) is 123 cm³/mol. The molecule has 1 heterocycles. The second-order valence-corrected chi connectivity index (χ2v) is 10.5. The van der Waals surface area contributed by atoms with Gasteiger partial charge in [0.2, 0.25) is 11.8 Å². The number of allylic oxidation sites excluding steroid dienone is 2. The van der Waals surface area contributed by atoms with E-state index in [-0.39, 0.29) is 52.8 Å². The van der Waals surface area contributed by atoms with Gasteiger partial charge in [0.1, 0.15) is 5.75 Å². The zero-order chi connectivity index (χ0) is 24.1. The summed E-state index contributed by atoms with van der Waals surface area (Å²) >= 11 is 0. The number of rotatable bonds is 6. The molecule has 0 bridgehead atoms. The number of ketones is 1. The molecule has 35 heavy (non-hydrogen) atoms. The van der Waals surface area contributed by atoms with E-state index in [9.17, 15) is 18.8 Å². The van der Waals surface area contributed by atoms with Crippen LogP contribution in [0.15, 0.2) is 54.6 Å². The lowest BCUT2D eigenvalue weighted by molar-refractivity contribution is -0.126. The first-order valence-corrected chi connectivity index (χ1v) is 12.1. The lowest BCUT2D eigenvalue weighted by Gasteiger charge is -2.38. The Hall–Kier alpha value is -3.48. The number of ether oxygens (including phenoxy) is 2. The van der Waals surface area contributed by atoms with Crippen molar-refractivity contribution in [2.45, 2.75) is 12.8 Å². The summed E-state index contributed by atoms with van der Waals surface area (Å²) in [6.45, 7) is -0.266. The molecule has 6 nitrogen and oxygen atoms in total. The Morgan fingerprint density at radius 1 is 1.06 bits per heavy atom. The van der Waals surface area contributed by atoms with E-state index >= 15 is 0 Å². The van der Waals surface area contributed by atoms with Crippen LogP contribution in [0.1, 0.15) is 23.2 Å². The lowest BCUT2D eigenvalue weighted by Crippen LogP contribution is -2.40. The van der Waals surface area contributed by atoms with Gasteiger partial charge in [0.25, 0.3) is 0 Å². The van der Waals surface area contributed by atoms with Crippen molar-refractivity contribution in [2.24, 2.45) is 40.9 Å². The highest BCUT2D eigenvalue weighted by Crippen LogP contribution is 2.86. The van der Waals surface area contributed by atoms with Crippen molar-refractivity contribution >= 4 is 23.3 Å². The number of anilines is 1. The van der Waals surface area contributed by atoms with E-state index in [0.717, 1.165) is 18.9 Å². The van der Waals surface area contributed by atoms with Crippen LogP contribution in [-0.2, 0) is 9.59 Å². The van der Waals surface area contributed by atoms with Crippen LogP contribution in [0.25, 0.3) is 0 Å². The Balaban J connectivity index is 1.05. The molecule has 0 N–H and O–H groups in total. The molecule has 2 aromatic rings. The molecule has 0 aromatic heterocycles. The molecular weight excluding hydrogens is 449 g/mol. The molecular formula is C28H24FNO5. The minimum Gasteiger partial charge on any atom is -0.494 e. The van der Waals surface area contributed by atoms with Crippen molar-refractivity contribution in [2.75, 3.05) is 18.6 Å². The monoisotopic (exact) mass is 473 g/mol. The molecule has 7 atom stereocenters. The number of imide groups is 1. The number of halogens is 1. The van der Waals surface area contributed by atoms with Crippen LogP contribution in [0, 0.1) is 46.7 Å². The summed E-state index contributed by atoms with van der Waals surface area (Å²) in [5.41, 5.74) is 0.773. The molecule has 178 valence electrons. The third-order valence-corrected chi connectivity index (χ3v) is 9.11. The van der Waals surface area contributed by atoms with Crippen LogP contribution >= 0.6 is 0 Å². The van der Waals surface area contributed by atoms with Gasteiger partial charge in [-0.3, -0.25) is 19.3 Å². The number of hydrogen-bond donors (Lipinski definition) is 0. The molecule has 0 radical (unpaired) electrons. The highest BCUT2D eigenvalue weighted by atomic mass is 19.1. The first-order chi connectivity index (χ1) is 16.9. The van der Waals surface area contributed by atoms with Crippen LogP contribution < -0.4 is 14.4 Å². The number of methoxy groups -OCH3 is 1. The molecule has 1 aliphatic heterocycles. The molecule has 4 aliphatic carbocycles. The maximum absolute atomic E-state index is 13.9. The maximum atomic E-state index is 13.9. The van der Waals surface area contributed by atoms with Crippen molar-refractivity contribution in [1.82, 2.24) is 0 Å². The highest BCUT2D eigenvalue weighted by Gasteiger charge is 2.84. The van der Waals surface area contributed by atoms with Crippen molar-refractivity contribution in [3.05, 3.63) is 66.0 Å². The van der Waals surface area contributed by atoms with E-state index in [1.807, 2.05) is 0 Å². The quantitative estimate of drug-likeness (QED) is 0.360. The van der Waals surface area contributed by atoms with E-state index in [2.05, 4.69) is 12.2 Å². The van der Waals surface area contributed by atoms with Gasteiger partial charge in [-0.15, -0.1) is 0 Å². The number of carbonyl (C=O) groups is 3. The van der Waals surface area contributed by atoms with Gasteiger partial charge in [0.15, 0.2) is 24.0 Å². The number of carbonyl (C=O) groups excluding carboxylic acids is 3. The number of fused-ring (bicyclic) bond motifs is 1. The first-order valence-electron chi connectivity index (χ1n) is 12.1. The van der Waals surface area contributed by atoms with Gasteiger partial charge in [-0.05, 0) is 84.4 Å². The third-order valence-electron chi connectivity index (χ3n) is 9.11. The fraction of sp³-hybridized carbons (Fsp3) is 0.393. The van der Waals surface area contributed by atoms with Crippen LogP contribution in [0.2, 0.25) is 0 Å². The van der Waals surface area contributed by atoms with Gasteiger partial charge < -0.3 is 9.47 Å². The topological polar surface area (TPSA) is 72.9 Å². The molecule has 7 unspecified atom stereocenters. The summed E-state index contributed by atoms with van der Waals surface area (Å²) in [6, 6.07) is 10.7. The minimum atomic E-state index is -0.614. The molecule has 1 spiro atoms. The van der Waals surface area contributed by atoms with Crippen LogP contribution in [0.5, 0.6) is 11.5 Å². The first kappa shape index (κ1) is 20.9. The molecule has 2 amide bonds. The Kier molecular flexibility index (Phi) is 4.19. The van der Waals surface area contributed by atoms with Gasteiger partial charge in [0, 0.05) is 5.56 Å². The summed E-state index contributed by atoms with van der Waals surface area (Å²) in [5.74, 6) is 1.16. The Labute approximate surface area is 201 Å². The zero-order valence-electron chi connectivity index (χ0n) is 19.1. The number of benzene rings is 2. The minimum absolute atomic E-state index is 0.0492. The smallest absolute Gasteiger partial charge is 0.238 e. The lowest BCUT2D eigenvalue weighted by atomic mass is 9.63. The van der Waals surface area contributed by atoms with Crippen molar-refractivity contribution in [3.63, 3.8) is 0 Å². The Morgan fingerprint density at radius 3 is 2.54 bits per heavy atom. The van der Waals surface area contributed by atoms with Gasteiger partial charge in [-0.2, -0.15) is 0 Å². The largest absolute Gasteiger partial charge is 0.494 e. The van der Waals surface area contributed by atoms with Gasteiger partial charge in [-0.1, -0.05) is 12.2 Å². The predicted octanol–water partition coefficient (Wildman–Crippen LogP) is 4.04. The summed E-state index contributed by atoms with van der Waals surface area (Å²) in [4.78, 5) is 40.6.